The molecule has 0 aliphatic heterocycles. The Bertz CT molecular complexity index is 259. The Balaban J connectivity index is 3.15. The zero-order valence-corrected chi connectivity index (χ0v) is 5.83. The van der Waals surface area contributed by atoms with E-state index in [0.717, 1.165) is 0 Å². The van der Waals surface area contributed by atoms with Crippen LogP contribution in [0.4, 0.5) is 0 Å². The van der Waals surface area contributed by atoms with Crippen LogP contribution in [0.25, 0.3) is 0 Å². The highest BCUT2D eigenvalue weighted by molar-refractivity contribution is 5.92. The van der Waals surface area contributed by atoms with Gasteiger partial charge in [-0.15, -0.1) is 10.2 Å². The van der Waals surface area contributed by atoms with Crippen LogP contribution in [0, 0.1) is 6.92 Å². The number of aryl methyl sites for hydroxylation is 1. The Kier molecular flexibility index (Phi) is 1.71. The average molecular weight is 137 g/mol. The molecule has 1 aromatic rings. The monoisotopic (exact) mass is 137 g/mol. The summed E-state index contributed by atoms with van der Waals surface area (Å²) in [6, 6.07) is 0. The number of carbonyl (C=O) groups is 1. The number of rotatable bonds is 1. The SMILES string of the molecule is CC(=O)c1nncnc1C. The molecule has 0 radical (unpaired) electrons. The van der Waals surface area contributed by atoms with E-state index in [1.165, 1.54) is 13.3 Å². The van der Waals surface area contributed by atoms with Crippen molar-refractivity contribution in [2.24, 2.45) is 0 Å². The maximum atomic E-state index is 10.7. The predicted octanol–water partition coefficient (Wildman–Crippen LogP) is 0.383. The first-order chi connectivity index (χ1) is 4.72. The fourth-order valence-corrected chi connectivity index (χ4v) is 0.655. The first kappa shape index (κ1) is 6.80. The molecule has 0 atom stereocenters. The molecule has 0 fully saturated rings. The van der Waals surface area contributed by atoms with Gasteiger partial charge in [-0.2, -0.15) is 0 Å². The number of Topliss-reactive ketones (excluding diaryl/α,β-unsaturated/α-hetero) is 1. The van der Waals surface area contributed by atoms with E-state index in [1.807, 2.05) is 0 Å². The molecule has 0 N–H and O–H groups in total. The lowest BCUT2D eigenvalue weighted by atomic mass is 10.2. The highest BCUT2D eigenvalue weighted by Crippen LogP contribution is 1.97. The van der Waals surface area contributed by atoms with E-state index in [9.17, 15) is 4.79 Å². The van der Waals surface area contributed by atoms with Crippen LogP contribution in [0.3, 0.4) is 0 Å². The molecular weight excluding hydrogens is 130 g/mol. The molecule has 0 bridgehead atoms. The molecule has 0 saturated heterocycles. The van der Waals surface area contributed by atoms with Crippen molar-refractivity contribution in [3.8, 4) is 0 Å². The average Bonchev–Trinajstić information content (AvgIpc) is 1.88. The molecule has 4 heteroatoms. The second-order valence-electron chi connectivity index (χ2n) is 1.95. The van der Waals surface area contributed by atoms with Crippen LogP contribution in [-0.2, 0) is 0 Å². The molecular formula is C6H7N3O. The van der Waals surface area contributed by atoms with E-state index in [1.54, 1.807) is 6.92 Å². The Labute approximate surface area is 58.3 Å². The first-order valence-electron chi connectivity index (χ1n) is 2.87. The van der Waals surface area contributed by atoms with Crippen molar-refractivity contribution in [2.45, 2.75) is 13.8 Å². The topological polar surface area (TPSA) is 55.7 Å². The van der Waals surface area contributed by atoms with Crippen molar-refractivity contribution in [3.63, 3.8) is 0 Å². The number of ketones is 1. The molecule has 1 aromatic heterocycles. The molecule has 10 heavy (non-hydrogen) atoms. The third kappa shape index (κ3) is 1.15. The smallest absolute Gasteiger partial charge is 0.181 e. The molecule has 4 nitrogen and oxygen atoms in total. The molecule has 0 spiro atoms. The Morgan fingerprint density at radius 3 is 2.70 bits per heavy atom. The van der Waals surface area contributed by atoms with E-state index in [4.69, 9.17) is 0 Å². The number of carbonyl (C=O) groups excluding carboxylic acids is 1. The van der Waals surface area contributed by atoms with E-state index in [2.05, 4.69) is 15.2 Å². The Hall–Kier alpha value is -1.32. The van der Waals surface area contributed by atoms with Gasteiger partial charge in [0, 0.05) is 6.92 Å². The highest BCUT2D eigenvalue weighted by Gasteiger charge is 2.04. The lowest BCUT2D eigenvalue weighted by molar-refractivity contribution is 0.101. The molecule has 0 saturated carbocycles. The summed E-state index contributed by atoms with van der Waals surface area (Å²) < 4.78 is 0. The van der Waals surface area contributed by atoms with Gasteiger partial charge in [0.05, 0.1) is 5.69 Å². The second kappa shape index (κ2) is 2.51. The van der Waals surface area contributed by atoms with E-state index in [0.29, 0.717) is 11.4 Å². The van der Waals surface area contributed by atoms with Crippen LogP contribution in [0.1, 0.15) is 23.1 Å². The summed E-state index contributed by atoms with van der Waals surface area (Å²) in [6.07, 6.45) is 1.32. The maximum Gasteiger partial charge on any atom is 0.181 e. The van der Waals surface area contributed by atoms with Crippen LogP contribution in [-0.4, -0.2) is 21.0 Å². The van der Waals surface area contributed by atoms with Crippen molar-refractivity contribution >= 4 is 5.78 Å². The number of hydrogen-bond donors (Lipinski definition) is 0. The van der Waals surface area contributed by atoms with E-state index in [-0.39, 0.29) is 5.78 Å². The first-order valence-corrected chi connectivity index (χ1v) is 2.87. The highest BCUT2D eigenvalue weighted by atomic mass is 16.1. The van der Waals surface area contributed by atoms with Crippen molar-refractivity contribution < 1.29 is 4.79 Å². The predicted molar refractivity (Wildman–Crippen MR) is 34.6 cm³/mol. The minimum Gasteiger partial charge on any atom is -0.293 e. The van der Waals surface area contributed by atoms with Crippen LogP contribution >= 0.6 is 0 Å². The van der Waals surface area contributed by atoms with Crippen molar-refractivity contribution in [1.29, 1.82) is 0 Å². The third-order valence-corrected chi connectivity index (χ3v) is 1.14. The van der Waals surface area contributed by atoms with Gasteiger partial charge in [0.2, 0.25) is 0 Å². The second-order valence-corrected chi connectivity index (χ2v) is 1.95. The number of aromatic nitrogens is 3. The summed E-state index contributed by atoms with van der Waals surface area (Å²) >= 11 is 0. The molecule has 0 aliphatic rings. The van der Waals surface area contributed by atoms with Crippen molar-refractivity contribution in [1.82, 2.24) is 15.2 Å². The summed E-state index contributed by atoms with van der Waals surface area (Å²) in [4.78, 5) is 14.5. The summed E-state index contributed by atoms with van der Waals surface area (Å²) in [6.45, 7) is 3.17. The molecule has 1 heterocycles. The van der Waals surface area contributed by atoms with Crippen LogP contribution < -0.4 is 0 Å². The normalized spacial score (nSPS) is 9.40. The van der Waals surface area contributed by atoms with Gasteiger partial charge >= 0.3 is 0 Å². The van der Waals surface area contributed by atoms with E-state index < -0.39 is 0 Å². The van der Waals surface area contributed by atoms with Gasteiger partial charge in [-0.1, -0.05) is 0 Å². The minimum absolute atomic E-state index is 0.0990. The fourth-order valence-electron chi connectivity index (χ4n) is 0.655. The Morgan fingerprint density at radius 2 is 2.30 bits per heavy atom. The van der Waals surface area contributed by atoms with Crippen molar-refractivity contribution in [2.75, 3.05) is 0 Å². The van der Waals surface area contributed by atoms with E-state index >= 15 is 0 Å². The quantitative estimate of drug-likeness (QED) is 0.525. The molecule has 1 rings (SSSR count). The van der Waals surface area contributed by atoms with Crippen LogP contribution in [0.5, 0.6) is 0 Å². The van der Waals surface area contributed by atoms with Gasteiger partial charge in [0.1, 0.15) is 12.0 Å². The van der Waals surface area contributed by atoms with Crippen molar-refractivity contribution in [3.05, 3.63) is 17.7 Å². The number of nitrogens with zero attached hydrogens (tertiary/aromatic N) is 3. The summed E-state index contributed by atoms with van der Waals surface area (Å²) in [7, 11) is 0. The zero-order chi connectivity index (χ0) is 7.56. The zero-order valence-electron chi connectivity index (χ0n) is 5.83. The Morgan fingerprint density at radius 1 is 1.60 bits per heavy atom. The van der Waals surface area contributed by atoms with Gasteiger partial charge in [0.25, 0.3) is 0 Å². The van der Waals surface area contributed by atoms with Gasteiger partial charge < -0.3 is 0 Å². The van der Waals surface area contributed by atoms with Gasteiger partial charge in [0.15, 0.2) is 5.78 Å². The minimum atomic E-state index is -0.0990. The largest absolute Gasteiger partial charge is 0.293 e. The summed E-state index contributed by atoms with van der Waals surface area (Å²) in [5, 5.41) is 7.10. The molecule has 0 aromatic carbocycles. The molecule has 0 unspecified atom stereocenters. The standard InChI is InChI=1S/C6H7N3O/c1-4-6(5(2)10)9-8-3-7-4/h3H,1-2H3. The number of hydrogen-bond acceptors (Lipinski definition) is 4. The van der Waals surface area contributed by atoms with Crippen LogP contribution in [0.15, 0.2) is 6.33 Å². The summed E-state index contributed by atoms with van der Waals surface area (Å²) in [5.41, 5.74) is 0.977. The van der Waals surface area contributed by atoms with Gasteiger partial charge in [-0.05, 0) is 6.92 Å². The molecule has 0 aliphatic carbocycles. The van der Waals surface area contributed by atoms with Gasteiger partial charge in [-0.3, -0.25) is 4.79 Å². The fraction of sp³-hybridized carbons (Fsp3) is 0.333. The third-order valence-electron chi connectivity index (χ3n) is 1.14. The maximum absolute atomic E-state index is 10.7. The molecule has 52 valence electrons. The molecule has 0 amide bonds. The van der Waals surface area contributed by atoms with Gasteiger partial charge in [-0.25, -0.2) is 4.98 Å². The lowest BCUT2D eigenvalue weighted by Crippen LogP contribution is -2.03. The van der Waals surface area contributed by atoms with Crippen LogP contribution in [0.2, 0.25) is 0 Å². The lowest BCUT2D eigenvalue weighted by Gasteiger charge is -1.94. The summed E-state index contributed by atoms with van der Waals surface area (Å²) in [5.74, 6) is -0.0990.